The number of hydrogen-bond acceptors (Lipinski definition) is 0. The number of allylic oxidation sites excluding steroid dienone is 4. The van der Waals surface area contributed by atoms with Crippen molar-refractivity contribution in [2.24, 2.45) is 0 Å². The summed E-state index contributed by atoms with van der Waals surface area (Å²) >= 11 is 0. The molecule has 0 aromatic heterocycles. The molecular weight excluding hydrogens is 436 g/mol. The highest BCUT2D eigenvalue weighted by molar-refractivity contribution is 6.59. The Bertz CT molecular complexity index is 402. The van der Waals surface area contributed by atoms with E-state index in [0.717, 1.165) is 0 Å². The van der Waals surface area contributed by atoms with E-state index in [1.165, 1.54) is 166 Å². The van der Waals surface area contributed by atoms with E-state index < -0.39 is 8.80 Å². The molecule has 0 aromatic rings. The third-order valence-electron chi connectivity index (χ3n) is 7.69. The third-order valence-corrected chi connectivity index (χ3v) is 10.8. The lowest BCUT2D eigenvalue weighted by molar-refractivity contribution is 0.531. The lowest BCUT2D eigenvalue weighted by Gasteiger charge is -2.11. The first-order chi connectivity index (χ1) is 17.3. The molecule has 0 saturated heterocycles. The predicted octanol–water partition coefficient (Wildman–Crippen LogP) is 12.7. The van der Waals surface area contributed by atoms with Gasteiger partial charge in [-0.15, -0.1) is 0 Å². The molecule has 0 radical (unpaired) electrons. The lowest BCUT2D eigenvalue weighted by Crippen LogP contribution is -2.09. The summed E-state index contributed by atoms with van der Waals surface area (Å²) in [7, 11) is -0.618. The average Bonchev–Trinajstić information content (AvgIpc) is 2.87. The van der Waals surface area contributed by atoms with E-state index in [-0.39, 0.29) is 0 Å². The molecule has 0 aromatic carbocycles. The van der Waals surface area contributed by atoms with Gasteiger partial charge < -0.3 is 0 Å². The van der Waals surface area contributed by atoms with E-state index in [1.54, 1.807) is 6.04 Å². The van der Waals surface area contributed by atoms with Gasteiger partial charge in [-0.2, -0.15) is 0 Å². The molecule has 0 rings (SSSR count). The quantitative estimate of drug-likeness (QED) is 0.0539. The molecule has 0 N–H and O–H groups in total. The monoisotopic (exact) mass is 505 g/mol. The van der Waals surface area contributed by atoms with Crippen LogP contribution in [-0.2, 0) is 0 Å². The Morgan fingerprint density at radius 2 is 0.657 bits per heavy atom. The second-order valence-corrected chi connectivity index (χ2v) is 14.6. The zero-order valence-electron chi connectivity index (χ0n) is 25.0. The molecule has 0 heterocycles. The van der Waals surface area contributed by atoms with Gasteiger partial charge in [0, 0.05) is 8.80 Å². The van der Waals surface area contributed by atoms with Gasteiger partial charge in [0.15, 0.2) is 0 Å². The molecule has 1 heteroatoms. The SMILES string of the molecule is CCCCCC=CC[SiH](CC=CCCCCC)CCCCCCCCCCCCCCCCCC. The highest BCUT2D eigenvalue weighted by Crippen LogP contribution is 2.17. The Kier molecular flexibility index (Phi) is 31.5. The molecule has 0 aliphatic heterocycles. The van der Waals surface area contributed by atoms with E-state index >= 15 is 0 Å². The van der Waals surface area contributed by atoms with Crippen molar-refractivity contribution in [3.05, 3.63) is 24.3 Å². The molecule has 0 aliphatic rings. The minimum Gasteiger partial charge on any atom is -0.0914 e. The normalized spacial score (nSPS) is 12.9. The van der Waals surface area contributed by atoms with E-state index in [9.17, 15) is 0 Å². The first kappa shape index (κ1) is 34.7. The van der Waals surface area contributed by atoms with Gasteiger partial charge in [-0.05, 0) is 37.8 Å². The van der Waals surface area contributed by atoms with Gasteiger partial charge in [0.2, 0.25) is 0 Å². The maximum absolute atomic E-state index is 2.56. The van der Waals surface area contributed by atoms with Crippen molar-refractivity contribution in [1.29, 1.82) is 0 Å². The third kappa shape index (κ3) is 29.8. The Morgan fingerprint density at radius 1 is 0.343 bits per heavy atom. The first-order valence-corrected chi connectivity index (χ1v) is 19.1. The van der Waals surface area contributed by atoms with E-state index in [0.29, 0.717) is 0 Å². The number of hydrogen-bond donors (Lipinski definition) is 0. The Labute approximate surface area is 225 Å². The highest BCUT2D eigenvalue weighted by Gasteiger charge is 2.07. The van der Waals surface area contributed by atoms with E-state index in [1.807, 2.05) is 0 Å². The van der Waals surface area contributed by atoms with Crippen LogP contribution in [0.1, 0.15) is 175 Å². The molecule has 0 saturated carbocycles. The van der Waals surface area contributed by atoms with Crippen molar-refractivity contribution in [1.82, 2.24) is 0 Å². The van der Waals surface area contributed by atoms with Crippen molar-refractivity contribution in [2.75, 3.05) is 0 Å². The van der Waals surface area contributed by atoms with Gasteiger partial charge in [0.25, 0.3) is 0 Å². The second kappa shape index (κ2) is 31.7. The van der Waals surface area contributed by atoms with E-state index in [4.69, 9.17) is 0 Å². The van der Waals surface area contributed by atoms with Crippen LogP contribution in [0, 0.1) is 0 Å². The predicted molar refractivity (Wildman–Crippen MR) is 168 cm³/mol. The van der Waals surface area contributed by atoms with Crippen LogP contribution in [0.2, 0.25) is 18.1 Å². The smallest absolute Gasteiger partial charge is 0.0443 e. The number of unbranched alkanes of at least 4 members (excludes halogenated alkanes) is 21. The summed E-state index contributed by atoms with van der Waals surface area (Å²) in [5, 5.41) is 0. The molecule has 0 unspecified atom stereocenters. The van der Waals surface area contributed by atoms with Crippen molar-refractivity contribution >= 4 is 8.80 Å². The van der Waals surface area contributed by atoms with Crippen LogP contribution in [0.3, 0.4) is 0 Å². The molecule has 0 fully saturated rings. The van der Waals surface area contributed by atoms with Crippen molar-refractivity contribution in [2.45, 2.75) is 193 Å². The maximum atomic E-state index is 2.56. The molecular formula is C34H68Si. The van der Waals surface area contributed by atoms with Gasteiger partial charge in [-0.3, -0.25) is 0 Å². The van der Waals surface area contributed by atoms with E-state index in [2.05, 4.69) is 45.1 Å². The zero-order valence-corrected chi connectivity index (χ0v) is 26.1. The molecule has 35 heavy (non-hydrogen) atoms. The molecule has 208 valence electrons. The summed E-state index contributed by atoms with van der Waals surface area (Å²) in [5.41, 5.74) is 0. The topological polar surface area (TPSA) is 0 Å². The van der Waals surface area contributed by atoms with Crippen LogP contribution in [0.5, 0.6) is 0 Å². The maximum Gasteiger partial charge on any atom is 0.0443 e. The van der Waals surface area contributed by atoms with Crippen LogP contribution >= 0.6 is 0 Å². The molecule has 0 spiro atoms. The standard InChI is InChI=1S/C34H68Si/c1-4-7-10-13-16-17-18-19-20-21-22-23-24-25-28-31-34-35(32-29-26-14-11-8-5-2)33-30-27-15-12-9-6-3/h26-27,29-30,35H,4-25,28,31-34H2,1-3H3. The summed E-state index contributed by atoms with van der Waals surface area (Å²) in [6.45, 7) is 6.91. The Morgan fingerprint density at radius 3 is 1.03 bits per heavy atom. The minimum absolute atomic E-state index is 0.618. The summed E-state index contributed by atoms with van der Waals surface area (Å²) in [6.07, 6.45) is 44.5. The van der Waals surface area contributed by atoms with Gasteiger partial charge in [0.1, 0.15) is 0 Å². The summed E-state index contributed by atoms with van der Waals surface area (Å²) in [4.78, 5) is 0. The average molecular weight is 505 g/mol. The fraction of sp³-hybridized carbons (Fsp3) is 0.882. The zero-order chi connectivity index (χ0) is 25.5. The van der Waals surface area contributed by atoms with Crippen LogP contribution in [0.15, 0.2) is 24.3 Å². The summed E-state index contributed by atoms with van der Waals surface area (Å²) < 4.78 is 0. The summed E-state index contributed by atoms with van der Waals surface area (Å²) in [6, 6.07) is 4.44. The molecule has 0 aliphatic carbocycles. The lowest BCUT2D eigenvalue weighted by atomic mass is 10.0. The highest BCUT2D eigenvalue weighted by atomic mass is 28.3. The second-order valence-electron chi connectivity index (χ2n) is 11.4. The summed E-state index contributed by atoms with van der Waals surface area (Å²) in [5.74, 6) is 0. The van der Waals surface area contributed by atoms with Crippen LogP contribution < -0.4 is 0 Å². The van der Waals surface area contributed by atoms with Gasteiger partial charge >= 0.3 is 0 Å². The van der Waals surface area contributed by atoms with Gasteiger partial charge in [-0.25, -0.2) is 0 Å². The first-order valence-electron chi connectivity index (χ1n) is 16.6. The Hall–Kier alpha value is -0.303. The fourth-order valence-electron chi connectivity index (χ4n) is 5.15. The van der Waals surface area contributed by atoms with Crippen LogP contribution in [-0.4, -0.2) is 8.80 Å². The Balaban J connectivity index is 3.73. The molecule has 0 atom stereocenters. The molecule has 0 amide bonds. The minimum atomic E-state index is -0.618. The largest absolute Gasteiger partial charge is 0.0914 e. The van der Waals surface area contributed by atoms with Crippen molar-refractivity contribution in [3.63, 3.8) is 0 Å². The van der Waals surface area contributed by atoms with Crippen LogP contribution in [0.4, 0.5) is 0 Å². The van der Waals surface area contributed by atoms with Gasteiger partial charge in [-0.1, -0.05) is 180 Å². The van der Waals surface area contributed by atoms with Crippen LogP contribution in [0.25, 0.3) is 0 Å². The van der Waals surface area contributed by atoms with Gasteiger partial charge in [0.05, 0.1) is 0 Å². The molecule has 0 bridgehead atoms. The fourth-order valence-corrected chi connectivity index (χ4v) is 7.84. The van der Waals surface area contributed by atoms with Crippen molar-refractivity contribution in [3.8, 4) is 0 Å². The number of rotatable bonds is 29. The van der Waals surface area contributed by atoms with Crippen molar-refractivity contribution < 1.29 is 0 Å². The molecule has 0 nitrogen and oxygen atoms in total.